The van der Waals surface area contributed by atoms with Crippen molar-refractivity contribution in [3.05, 3.63) is 29.3 Å². The number of fused-ring (bicyclic) bond motifs is 1. The van der Waals surface area contributed by atoms with E-state index >= 15 is 0 Å². The van der Waals surface area contributed by atoms with Gasteiger partial charge in [-0.25, -0.2) is 0 Å². The lowest BCUT2D eigenvalue weighted by molar-refractivity contribution is 0.304. The predicted molar refractivity (Wildman–Crippen MR) is 77.8 cm³/mol. The van der Waals surface area contributed by atoms with Gasteiger partial charge in [0.1, 0.15) is 5.75 Å². The number of unbranched alkanes of at least 4 members (excludes halogenated alkanes) is 3. The molecule has 100 valence electrons. The lowest BCUT2D eigenvalue weighted by atomic mass is 9.92. The Morgan fingerprint density at radius 3 is 2.56 bits per heavy atom. The minimum atomic E-state index is 0.783. The lowest BCUT2D eigenvalue weighted by Gasteiger charge is -2.16. The molecule has 0 aromatic heterocycles. The van der Waals surface area contributed by atoms with Gasteiger partial charge < -0.3 is 4.74 Å². The van der Waals surface area contributed by atoms with Crippen molar-refractivity contribution in [2.24, 2.45) is 0 Å². The van der Waals surface area contributed by atoms with E-state index in [1.165, 1.54) is 49.7 Å². The molecule has 0 atom stereocenters. The molecule has 0 radical (unpaired) electrons. The molecule has 0 fully saturated rings. The lowest BCUT2D eigenvalue weighted by Crippen LogP contribution is -2.04. The summed E-state index contributed by atoms with van der Waals surface area (Å²) >= 11 is 5.65. The second-order valence-corrected chi connectivity index (χ2v) is 5.47. The van der Waals surface area contributed by atoms with Gasteiger partial charge in [-0.05, 0) is 61.8 Å². The van der Waals surface area contributed by atoms with E-state index < -0.39 is 0 Å². The van der Waals surface area contributed by atoms with Crippen LogP contribution in [0.2, 0.25) is 0 Å². The first-order chi connectivity index (χ1) is 8.90. The van der Waals surface area contributed by atoms with Gasteiger partial charge in [-0.2, -0.15) is 0 Å². The highest BCUT2D eigenvalue weighted by atomic mass is 35.5. The second kappa shape index (κ2) is 7.68. The Bertz CT molecular complexity index is 362. The molecule has 2 rings (SSSR count). The Morgan fingerprint density at radius 2 is 1.72 bits per heavy atom. The summed E-state index contributed by atoms with van der Waals surface area (Å²) in [7, 11) is 0. The number of hydrogen-bond acceptors (Lipinski definition) is 1. The largest absolute Gasteiger partial charge is 0.494 e. The van der Waals surface area contributed by atoms with Gasteiger partial charge >= 0.3 is 0 Å². The maximum absolute atomic E-state index is 5.82. The van der Waals surface area contributed by atoms with Crippen LogP contribution in [-0.4, -0.2) is 12.5 Å². The molecule has 0 saturated heterocycles. The third-order valence-corrected chi connectivity index (χ3v) is 3.88. The molecule has 1 aromatic rings. The molecule has 2 heteroatoms. The van der Waals surface area contributed by atoms with E-state index in [-0.39, 0.29) is 0 Å². The van der Waals surface area contributed by atoms with Crippen LogP contribution in [0, 0.1) is 0 Å². The van der Waals surface area contributed by atoms with Crippen molar-refractivity contribution in [2.75, 3.05) is 12.5 Å². The van der Waals surface area contributed by atoms with Gasteiger partial charge in [0.25, 0.3) is 0 Å². The van der Waals surface area contributed by atoms with Crippen LogP contribution in [0.3, 0.4) is 0 Å². The highest BCUT2D eigenvalue weighted by Crippen LogP contribution is 2.25. The van der Waals surface area contributed by atoms with E-state index in [4.69, 9.17) is 16.3 Å². The first-order valence-corrected chi connectivity index (χ1v) is 7.74. The van der Waals surface area contributed by atoms with Crippen LogP contribution in [0.25, 0.3) is 0 Å². The Labute approximate surface area is 115 Å². The maximum atomic E-state index is 5.82. The van der Waals surface area contributed by atoms with Crippen molar-refractivity contribution >= 4 is 11.6 Å². The molecule has 0 spiro atoms. The molecule has 1 nitrogen and oxygen atoms in total. The van der Waals surface area contributed by atoms with Crippen LogP contribution < -0.4 is 4.74 Å². The van der Waals surface area contributed by atoms with Gasteiger partial charge in [0.15, 0.2) is 0 Å². The first-order valence-electron chi connectivity index (χ1n) is 7.21. The summed E-state index contributed by atoms with van der Waals surface area (Å²) < 4.78 is 5.82. The number of halogens is 1. The summed E-state index contributed by atoms with van der Waals surface area (Å²) in [6.45, 7) is 0.834. The highest BCUT2D eigenvalue weighted by Gasteiger charge is 2.09. The minimum absolute atomic E-state index is 0.783. The van der Waals surface area contributed by atoms with Gasteiger partial charge in [-0.3, -0.25) is 0 Å². The van der Waals surface area contributed by atoms with Crippen molar-refractivity contribution in [3.8, 4) is 5.75 Å². The first kappa shape index (κ1) is 13.7. The van der Waals surface area contributed by atoms with Crippen LogP contribution in [0.4, 0.5) is 0 Å². The molecule has 0 amide bonds. The zero-order valence-corrected chi connectivity index (χ0v) is 11.8. The van der Waals surface area contributed by atoms with Crippen molar-refractivity contribution < 1.29 is 4.74 Å². The van der Waals surface area contributed by atoms with Crippen LogP contribution in [0.5, 0.6) is 5.75 Å². The van der Waals surface area contributed by atoms with E-state index in [0.29, 0.717) is 0 Å². The van der Waals surface area contributed by atoms with Gasteiger partial charge in [0.05, 0.1) is 6.61 Å². The number of alkyl halides is 1. The van der Waals surface area contributed by atoms with E-state index in [1.807, 2.05) is 0 Å². The molecule has 0 bridgehead atoms. The summed E-state index contributed by atoms with van der Waals surface area (Å²) in [6.07, 6.45) is 9.84. The number of benzene rings is 1. The molecule has 18 heavy (non-hydrogen) atoms. The third kappa shape index (κ3) is 4.20. The van der Waals surface area contributed by atoms with E-state index in [1.54, 1.807) is 0 Å². The number of hydrogen-bond donors (Lipinski definition) is 0. The Kier molecular flexibility index (Phi) is 5.86. The molecule has 0 unspecified atom stereocenters. The average Bonchev–Trinajstić information content (AvgIpc) is 2.42. The Hall–Kier alpha value is -0.690. The Morgan fingerprint density at radius 1 is 0.944 bits per heavy atom. The van der Waals surface area contributed by atoms with Crippen molar-refractivity contribution in [2.45, 2.75) is 51.4 Å². The van der Waals surface area contributed by atoms with E-state index in [9.17, 15) is 0 Å². The van der Waals surface area contributed by atoms with Crippen LogP contribution >= 0.6 is 11.6 Å². The number of rotatable bonds is 7. The van der Waals surface area contributed by atoms with Crippen LogP contribution in [0.15, 0.2) is 18.2 Å². The fourth-order valence-electron chi connectivity index (χ4n) is 2.54. The summed E-state index contributed by atoms with van der Waals surface area (Å²) in [5.74, 6) is 1.83. The SMILES string of the molecule is ClCCCCCCOc1ccc2c(c1)CCCC2. The summed E-state index contributed by atoms with van der Waals surface area (Å²) in [6, 6.07) is 6.62. The zero-order valence-electron chi connectivity index (χ0n) is 11.1. The second-order valence-electron chi connectivity index (χ2n) is 5.09. The number of aryl methyl sites for hydroxylation is 2. The summed E-state index contributed by atoms with van der Waals surface area (Å²) in [5, 5.41) is 0. The van der Waals surface area contributed by atoms with Gasteiger partial charge in [0.2, 0.25) is 0 Å². The molecule has 1 aliphatic carbocycles. The normalized spacial score (nSPS) is 14.3. The van der Waals surface area contributed by atoms with Crippen LogP contribution in [0.1, 0.15) is 49.7 Å². The molecule has 0 heterocycles. The fraction of sp³-hybridized carbons (Fsp3) is 0.625. The van der Waals surface area contributed by atoms with Crippen molar-refractivity contribution in [1.29, 1.82) is 0 Å². The topological polar surface area (TPSA) is 9.23 Å². The average molecular weight is 267 g/mol. The Balaban J connectivity index is 1.72. The standard InChI is InChI=1S/C16H23ClO/c17-11-5-1-2-6-12-18-16-10-9-14-7-3-4-8-15(14)13-16/h9-10,13H,1-8,11-12H2. The van der Waals surface area contributed by atoms with Crippen molar-refractivity contribution in [3.63, 3.8) is 0 Å². The van der Waals surface area contributed by atoms with Crippen LogP contribution in [-0.2, 0) is 12.8 Å². The van der Waals surface area contributed by atoms with Gasteiger partial charge in [-0.15, -0.1) is 11.6 Å². The molecular formula is C16H23ClO. The monoisotopic (exact) mass is 266 g/mol. The van der Waals surface area contributed by atoms with E-state index in [0.717, 1.165) is 31.1 Å². The quantitative estimate of drug-likeness (QED) is 0.511. The maximum Gasteiger partial charge on any atom is 0.119 e. The molecular weight excluding hydrogens is 244 g/mol. The zero-order chi connectivity index (χ0) is 12.6. The van der Waals surface area contributed by atoms with Crippen molar-refractivity contribution in [1.82, 2.24) is 0 Å². The third-order valence-electron chi connectivity index (χ3n) is 3.62. The fourth-order valence-corrected chi connectivity index (χ4v) is 2.73. The molecule has 0 saturated carbocycles. The highest BCUT2D eigenvalue weighted by molar-refractivity contribution is 6.17. The van der Waals surface area contributed by atoms with E-state index in [2.05, 4.69) is 18.2 Å². The molecule has 1 aliphatic rings. The summed E-state index contributed by atoms with van der Waals surface area (Å²) in [4.78, 5) is 0. The molecule has 0 aliphatic heterocycles. The number of ether oxygens (including phenoxy) is 1. The minimum Gasteiger partial charge on any atom is -0.494 e. The van der Waals surface area contributed by atoms with Gasteiger partial charge in [0, 0.05) is 5.88 Å². The molecule has 1 aromatic carbocycles. The smallest absolute Gasteiger partial charge is 0.119 e. The molecule has 0 N–H and O–H groups in total. The van der Waals surface area contributed by atoms with Gasteiger partial charge in [-0.1, -0.05) is 18.9 Å². The predicted octanol–water partition coefficient (Wildman–Crippen LogP) is 4.74. The summed E-state index contributed by atoms with van der Waals surface area (Å²) in [5.41, 5.74) is 3.02.